The zero-order valence-corrected chi connectivity index (χ0v) is 5.76. The first-order valence-electron chi connectivity index (χ1n) is 3.08. The van der Waals surface area contributed by atoms with E-state index in [4.69, 9.17) is 5.11 Å². The molecule has 0 aliphatic rings. The van der Waals surface area contributed by atoms with E-state index < -0.39 is 5.97 Å². The highest BCUT2D eigenvalue weighted by atomic mass is 16.5. The van der Waals surface area contributed by atoms with Crippen molar-refractivity contribution in [2.75, 3.05) is 0 Å². The molecule has 6 heteroatoms. The van der Waals surface area contributed by atoms with Gasteiger partial charge in [-0.1, -0.05) is 5.16 Å². The van der Waals surface area contributed by atoms with Gasteiger partial charge in [-0.25, -0.2) is 14.8 Å². The maximum Gasteiger partial charge on any atom is 0.360 e. The third-order valence-electron chi connectivity index (χ3n) is 1.31. The third-order valence-corrected chi connectivity index (χ3v) is 1.31. The highest BCUT2D eigenvalue weighted by molar-refractivity contribution is 5.96. The number of hydrogen-bond acceptors (Lipinski definition) is 5. The second-order valence-electron chi connectivity index (χ2n) is 2.05. The highest BCUT2D eigenvalue weighted by Crippen LogP contribution is 2.11. The van der Waals surface area contributed by atoms with Gasteiger partial charge in [0.1, 0.15) is 0 Å². The molecule has 0 atom stereocenters. The molecule has 0 aliphatic carbocycles. The molecule has 2 aromatic rings. The summed E-state index contributed by atoms with van der Waals surface area (Å²) in [6, 6.07) is 0. The molecule has 0 fully saturated rings. The minimum Gasteiger partial charge on any atom is -0.476 e. The van der Waals surface area contributed by atoms with Gasteiger partial charge < -0.3 is 9.63 Å². The molecule has 0 bridgehead atoms. The van der Waals surface area contributed by atoms with Crippen molar-refractivity contribution >= 4 is 17.2 Å². The Labute approximate surface area is 65.8 Å². The summed E-state index contributed by atoms with van der Waals surface area (Å²) in [5.74, 6) is -1.17. The lowest BCUT2D eigenvalue weighted by atomic mass is 10.4. The molecule has 2 aromatic heterocycles. The predicted molar refractivity (Wildman–Crippen MR) is 36.6 cm³/mol. The van der Waals surface area contributed by atoms with Gasteiger partial charge in [0, 0.05) is 12.4 Å². The maximum absolute atomic E-state index is 10.5. The lowest BCUT2D eigenvalue weighted by Crippen LogP contribution is -1.97. The molecule has 2 heterocycles. The van der Waals surface area contributed by atoms with Gasteiger partial charge in [-0.2, -0.15) is 0 Å². The summed E-state index contributed by atoms with van der Waals surface area (Å²) in [6.45, 7) is 0. The fourth-order valence-corrected chi connectivity index (χ4v) is 0.827. The van der Waals surface area contributed by atoms with Gasteiger partial charge in [-0.05, 0) is 0 Å². The number of aromatic carboxylic acids is 1. The Hall–Kier alpha value is -1.98. The molecule has 0 amide bonds. The van der Waals surface area contributed by atoms with E-state index in [1.807, 2.05) is 0 Å². The van der Waals surface area contributed by atoms with Crippen molar-refractivity contribution in [3.8, 4) is 0 Å². The first kappa shape index (κ1) is 6.71. The first-order chi connectivity index (χ1) is 5.79. The van der Waals surface area contributed by atoms with E-state index in [-0.39, 0.29) is 16.9 Å². The van der Waals surface area contributed by atoms with Crippen LogP contribution in [0, 0.1) is 0 Å². The number of hydrogen-bond donors (Lipinski definition) is 1. The topological polar surface area (TPSA) is 89.1 Å². The molecule has 0 radical (unpaired) electrons. The summed E-state index contributed by atoms with van der Waals surface area (Å²) in [5.41, 5.74) is 0.0954. The van der Waals surface area contributed by atoms with E-state index in [9.17, 15) is 4.79 Å². The standard InChI is InChI=1S/C6H3N3O3/c10-6(11)4-3-5(12-9-4)8-2-1-7-3/h1-2H,(H,10,11). The molecule has 60 valence electrons. The van der Waals surface area contributed by atoms with Crippen molar-refractivity contribution in [1.82, 2.24) is 15.1 Å². The van der Waals surface area contributed by atoms with Crippen LogP contribution in [0.3, 0.4) is 0 Å². The predicted octanol–water partition coefficient (Wildman–Crippen LogP) is 0.316. The highest BCUT2D eigenvalue weighted by Gasteiger charge is 2.15. The Bertz CT molecular complexity index is 436. The van der Waals surface area contributed by atoms with E-state index in [1.165, 1.54) is 12.4 Å². The van der Waals surface area contributed by atoms with Gasteiger partial charge in [0.05, 0.1) is 0 Å². The Balaban J connectivity index is 2.79. The molecule has 0 unspecified atom stereocenters. The summed E-state index contributed by atoms with van der Waals surface area (Å²) in [5, 5.41) is 11.9. The van der Waals surface area contributed by atoms with Crippen LogP contribution in [-0.2, 0) is 0 Å². The number of rotatable bonds is 1. The lowest BCUT2D eigenvalue weighted by molar-refractivity contribution is 0.0687. The van der Waals surface area contributed by atoms with E-state index in [1.54, 1.807) is 0 Å². The molecule has 0 aliphatic heterocycles. The summed E-state index contributed by atoms with van der Waals surface area (Å²) < 4.78 is 4.61. The second-order valence-corrected chi connectivity index (χ2v) is 2.05. The normalized spacial score (nSPS) is 10.3. The van der Waals surface area contributed by atoms with Crippen LogP contribution in [0.15, 0.2) is 16.9 Å². The molecular formula is C6H3N3O3. The minimum absolute atomic E-state index is 0.134. The summed E-state index contributed by atoms with van der Waals surface area (Å²) in [4.78, 5) is 18.0. The molecule has 2 rings (SSSR count). The number of carbonyl (C=O) groups is 1. The summed E-state index contributed by atoms with van der Waals surface area (Å²) >= 11 is 0. The number of carboxylic acid groups (broad SMARTS) is 1. The number of fused-ring (bicyclic) bond motifs is 1. The van der Waals surface area contributed by atoms with Gasteiger partial charge >= 0.3 is 5.97 Å². The average molecular weight is 165 g/mol. The van der Waals surface area contributed by atoms with E-state index in [0.717, 1.165) is 0 Å². The van der Waals surface area contributed by atoms with Crippen LogP contribution in [0.2, 0.25) is 0 Å². The van der Waals surface area contributed by atoms with Crippen LogP contribution >= 0.6 is 0 Å². The first-order valence-corrected chi connectivity index (χ1v) is 3.08. The van der Waals surface area contributed by atoms with Gasteiger partial charge in [0.15, 0.2) is 5.52 Å². The van der Waals surface area contributed by atoms with Crippen molar-refractivity contribution in [2.45, 2.75) is 0 Å². The van der Waals surface area contributed by atoms with Crippen LogP contribution < -0.4 is 0 Å². The van der Waals surface area contributed by atoms with Crippen molar-refractivity contribution < 1.29 is 14.4 Å². The van der Waals surface area contributed by atoms with Crippen LogP contribution in [0.4, 0.5) is 0 Å². The average Bonchev–Trinajstić information content (AvgIpc) is 2.47. The zero-order valence-electron chi connectivity index (χ0n) is 5.76. The molecule has 0 saturated carbocycles. The van der Waals surface area contributed by atoms with Crippen molar-refractivity contribution in [1.29, 1.82) is 0 Å². The lowest BCUT2D eigenvalue weighted by Gasteiger charge is -1.83. The zero-order chi connectivity index (χ0) is 8.55. The van der Waals surface area contributed by atoms with Gasteiger partial charge in [-0.3, -0.25) is 0 Å². The van der Waals surface area contributed by atoms with Gasteiger partial charge in [-0.15, -0.1) is 0 Å². The molecule has 6 nitrogen and oxygen atoms in total. The van der Waals surface area contributed by atoms with Crippen molar-refractivity contribution in [3.05, 3.63) is 18.1 Å². The molecule has 12 heavy (non-hydrogen) atoms. The molecule has 0 aromatic carbocycles. The maximum atomic E-state index is 10.5. The fraction of sp³-hybridized carbons (Fsp3) is 0. The molecular weight excluding hydrogens is 162 g/mol. The Kier molecular flexibility index (Phi) is 1.26. The Morgan fingerprint density at radius 2 is 2.17 bits per heavy atom. The monoisotopic (exact) mass is 165 g/mol. The molecule has 1 N–H and O–H groups in total. The van der Waals surface area contributed by atoms with Crippen LogP contribution in [0.25, 0.3) is 11.2 Å². The van der Waals surface area contributed by atoms with E-state index in [0.29, 0.717) is 0 Å². The smallest absolute Gasteiger partial charge is 0.360 e. The Morgan fingerprint density at radius 1 is 1.42 bits per heavy atom. The van der Waals surface area contributed by atoms with E-state index in [2.05, 4.69) is 19.6 Å². The van der Waals surface area contributed by atoms with Crippen LogP contribution in [0.5, 0.6) is 0 Å². The van der Waals surface area contributed by atoms with Crippen LogP contribution in [-0.4, -0.2) is 26.2 Å². The third kappa shape index (κ3) is 0.815. The van der Waals surface area contributed by atoms with Crippen molar-refractivity contribution in [3.63, 3.8) is 0 Å². The van der Waals surface area contributed by atoms with E-state index >= 15 is 0 Å². The minimum atomic E-state index is -1.17. The second kappa shape index (κ2) is 2.26. The number of nitrogens with zero attached hydrogens (tertiary/aromatic N) is 3. The van der Waals surface area contributed by atoms with Gasteiger partial charge in [0.2, 0.25) is 5.69 Å². The van der Waals surface area contributed by atoms with Crippen LogP contribution in [0.1, 0.15) is 10.5 Å². The number of carboxylic acids is 1. The Morgan fingerprint density at radius 3 is 2.92 bits per heavy atom. The van der Waals surface area contributed by atoms with Gasteiger partial charge in [0.25, 0.3) is 5.71 Å². The molecule has 0 spiro atoms. The number of aromatic nitrogens is 3. The summed E-state index contributed by atoms with van der Waals surface area (Å²) in [6.07, 6.45) is 2.78. The largest absolute Gasteiger partial charge is 0.476 e. The summed E-state index contributed by atoms with van der Waals surface area (Å²) in [7, 11) is 0. The molecule has 0 saturated heterocycles. The fourth-order valence-electron chi connectivity index (χ4n) is 0.827. The SMILES string of the molecule is O=C(O)c1noc2nccnc12. The quantitative estimate of drug-likeness (QED) is 0.654. The van der Waals surface area contributed by atoms with Crippen molar-refractivity contribution in [2.24, 2.45) is 0 Å².